The van der Waals surface area contributed by atoms with Crippen LogP contribution in [0.1, 0.15) is 34.7 Å². The minimum atomic E-state index is -0.320. The van der Waals surface area contributed by atoms with Crippen LogP contribution in [0.25, 0.3) is 44.2 Å². The minimum absolute atomic E-state index is 0.320. The lowest BCUT2D eigenvalue weighted by atomic mass is 9.70. The Morgan fingerprint density at radius 2 is 1.15 bits per heavy atom. The molecule has 0 saturated heterocycles. The van der Waals surface area contributed by atoms with E-state index in [2.05, 4.69) is 110 Å². The molecule has 0 aliphatic heterocycles. The molecule has 0 radical (unpaired) electrons. The van der Waals surface area contributed by atoms with Crippen LogP contribution in [0.4, 0.5) is 0 Å². The molecule has 0 bridgehead atoms. The van der Waals surface area contributed by atoms with E-state index in [0.29, 0.717) is 0 Å². The van der Waals surface area contributed by atoms with Crippen LogP contribution in [0, 0.1) is 0 Å². The third-order valence-electron chi connectivity index (χ3n) is 8.08. The van der Waals surface area contributed by atoms with Crippen LogP contribution >= 0.6 is 0 Å². The van der Waals surface area contributed by atoms with Crippen LogP contribution in [-0.2, 0) is 11.8 Å². The zero-order valence-electron chi connectivity index (χ0n) is 18.9. The monoisotopic (exact) mass is 434 g/mol. The van der Waals surface area contributed by atoms with E-state index in [-0.39, 0.29) is 5.41 Å². The van der Waals surface area contributed by atoms with Gasteiger partial charge in [-0.25, -0.2) is 0 Å². The zero-order valence-corrected chi connectivity index (χ0v) is 18.9. The lowest BCUT2D eigenvalue weighted by Gasteiger charge is -2.30. The van der Waals surface area contributed by atoms with Gasteiger partial charge in [-0.05, 0) is 74.7 Å². The molecule has 1 spiro atoms. The molecule has 1 heteroatoms. The van der Waals surface area contributed by atoms with Crippen molar-refractivity contribution in [1.82, 2.24) is 0 Å². The molecule has 0 fully saturated rings. The summed E-state index contributed by atoms with van der Waals surface area (Å²) in [7, 11) is 0. The SMILES string of the molecule is CCc1cccc2oc3cc4c(cc3c12)-c1ccccc1C41c2ccccc2-c2ccccc21. The Hall–Kier alpha value is -4.10. The molecule has 6 aromatic rings. The highest BCUT2D eigenvalue weighted by Gasteiger charge is 2.51. The maximum Gasteiger partial charge on any atom is 0.135 e. The number of rotatable bonds is 1. The molecule has 0 unspecified atom stereocenters. The topological polar surface area (TPSA) is 13.1 Å². The largest absolute Gasteiger partial charge is 0.456 e. The average Bonchev–Trinajstić information content (AvgIpc) is 3.51. The maximum atomic E-state index is 6.50. The van der Waals surface area contributed by atoms with Gasteiger partial charge in [-0.15, -0.1) is 0 Å². The molecule has 8 rings (SSSR count). The van der Waals surface area contributed by atoms with Gasteiger partial charge < -0.3 is 4.42 Å². The molecule has 2 aliphatic carbocycles. The Labute approximate surface area is 198 Å². The van der Waals surface area contributed by atoms with E-state index < -0.39 is 0 Å². The van der Waals surface area contributed by atoms with Crippen LogP contribution in [0.15, 0.2) is 108 Å². The first-order chi connectivity index (χ1) is 16.8. The highest BCUT2D eigenvalue weighted by molar-refractivity contribution is 6.10. The number of aryl methyl sites for hydroxylation is 1. The van der Waals surface area contributed by atoms with Crippen molar-refractivity contribution in [3.05, 3.63) is 131 Å². The summed E-state index contributed by atoms with van der Waals surface area (Å²) in [5, 5.41) is 2.48. The molecule has 0 saturated carbocycles. The summed E-state index contributed by atoms with van der Waals surface area (Å²) in [4.78, 5) is 0. The van der Waals surface area contributed by atoms with Crippen molar-refractivity contribution in [2.45, 2.75) is 18.8 Å². The van der Waals surface area contributed by atoms with E-state index in [1.54, 1.807) is 0 Å². The second-order valence-corrected chi connectivity index (χ2v) is 9.53. The Balaban J connectivity index is 1.58. The number of benzene rings is 5. The normalized spacial score (nSPS) is 14.4. The van der Waals surface area contributed by atoms with Gasteiger partial charge in [0, 0.05) is 10.8 Å². The van der Waals surface area contributed by atoms with Gasteiger partial charge in [0.1, 0.15) is 11.2 Å². The zero-order chi connectivity index (χ0) is 22.4. The predicted octanol–water partition coefficient (Wildman–Crippen LogP) is 8.49. The van der Waals surface area contributed by atoms with Gasteiger partial charge in [0.25, 0.3) is 0 Å². The second kappa shape index (κ2) is 6.27. The van der Waals surface area contributed by atoms with Crippen molar-refractivity contribution in [2.24, 2.45) is 0 Å². The lowest BCUT2D eigenvalue weighted by Crippen LogP contribution is -2.25. The molecule has 2 aliphatic rings. The van der Waals surface area contributed by atoms with Crippen LogP contribution in [-0.4, -0.2) is 0 Å². The summed E-state index contributed by atoms with van der Waals surface area (Å²) >= 11 is 0. The van der Waals surface area contributed by atoms with Crippen LogP contribution in [0.5, 0.6) is 0 Å². The molecule has 160 valence electrons. The second-order valence-electron chi connectivity index (χ2n) is 9.53. The van der Waals surface area contributed by atoms with Crippen molar-refractivity contribution in [3.63, 3.8) is 0 Å². The third-order valence-corrected chi connectivity index (χ3v) is 8.08. The van der Waals surface area contributed by atoms with Gasteiger partial charge in [0.05, 0.1) is 5.41 Å². The fourth-order valence-corrected chi connectivity index (χ4v) is 6.78. The maximum absolute atomic E-state index is 6.50. The predicted molar refractivity (Wildman–Crippen MR) is 139 cm³/mol. The molecule has 34 heavy (non-hydrogen) atoms. The summed E-state index contributed by atoms with van der Waals surface area (Å²) in [6.45, 7) is 2.22. The van der Waals surface area contributed by atoms with Crippen LogP contribution in [0.3, 0.4) is 0 Å². The van der Waals surface area contributed by atoms with E-state index in [0.717, 1.165) is 17.6 Å². The van der Waals surface area contributed by atoms with Crippen molar-refractivity contribution < 1.29 is 4.42 Å². The third kappa shape index (κ3) is 1.98. The van der Waals surface area contributed by atoms with Gasteiger partial charge in [0.2, 0.25) is 0 Å². The summed E-state index contributed by atoms with van der Waals surface area (Å²) in [6.07, 6.45) is 0.990. The van der Waals surface area contributed by atoms with Gasteiger partial charge >= 0.3 is 0 Å². The summed E-state index contributed by atoms with van der Waals surface area (Å²) in [5.74, 6) is 0. The van der Waals surface area contributed by atoms with Gasteiger partial charge in [-0.2, -0.15) is 0 Å². The Kier molecular flexibility index (Phi) is 3.38. The van der Waals surface area contributed by atoms with E-state index in [9.17, 15) is 0 Å². The van der Waals surface area contributed by atoms with Crippen molar-refractivity contribution >= 4 is 21.9 Å². The Morgan fingerprint density at radius 3 is 1.76 bits per heavy atom. The molecule has 0 amide bonds. The number of furan rings is 1. The van der Waals surface area contributed by atoms with Crippen molar-refractivity contribution in [1.29, 1.82) is 0 Å². The van der Waals surface area contributed by atoms with Gasteiger partial charge in [-0.1, -0.05) is 91.9 Å². The number of fused-ring (bicyclic) bond motifs is 13. The Bertz CT molecular complexity index is 1750. The fourth-order valence-electron chi connectivity index (χ4n) is 6.78. The molecule has 0 N–H and O–H groups in total. The molecular formula is C33H22O. The van der Waals surface area contributed by atoms with E-state index in [1.165, 1.54) is 60.8 Å². The fraction of sp³-hybridized carbons (Fsp3) is 0.0909. The number of hydrogen-bond donors (Lipinski definition) is 0. The van der Waals surface area contributed by atoms with Gasteiger partial charge in [-0.3, -0.25) is 0 Å². The summed E-state index contributed by atoms with van der Waals surface area (Å²) < 4.78 is 6.50. The molecular weight excluding hydrogens is 412 g/mol. The first-order valence-corrected chi connectivity index (χ1v) is 12.1. The summed E-state index contributed by atoms with van der Waals surface area (Å²) in [5.41, 5.74) is 13.7. The van der Waals surface area contributed by atoms with Crippen molar-refractivity contribution in [2.75, 3.05) is 0 Å². The summed E-state index contributed by atoms with van der Waals surface area (Å²) in [6, 6.07) is 38.0. The standard InChI is InChI=1S/C33H22O/c1-2-20-10-9-17-30-32(20)25-18-24-23-13-5-8-16-28(23)33(29(24)19-31(25)34-30)26-14-6-3-11-21(26)22-12-4-7-15-27(22)33/h3-19H,2H2,1H3. The molecule has 1 heterocycles. The molecule has 1 nitrogen and oxygen atoms in total. The van der Waals surface area contributed by atoms with E-state index in [1.807, 2.05) is 0 Å². The van der Waals surface area contributed by atoms with E-state index >= 15 is 0 Å². The number of hydrogen-bond acceptors (Lipinski definition) is 1. The molecule has 5 aromatic carbocycles. The highest BCUT2D eigenvalue weighted by atomic mass is 16.3. The van der Waals surface area contributed by atoms with E-state index in [4.69, 9.17) is 4.42 Å². The van der Waals surface area contributed by atoms with Crippen molar-refractivity contribution in [3.8, 4) is 22.3 Å². The average molecular weight is 435 g/mol. The lowest BCUT2D eigenvalue weighted by molar-refractivity contribution is 0.666. The first kappa shape index (κ1) is 18.3. The van der Waals surface area contributed by atoms with Gasteiger partial charge in [0.15, 0.2) is 0 Å². The molecule has 0 atom stereocenters. The first-order valence-electron chi connectivity index (χ1n) is 12.1. The quantitative estimate of drug-likeness (QED) is 0.252. The minimum Gasteiger partial charge on any atom is -0.456 e. The Morgan fingerprint density at radius 1 is 0.559 bits per heavy atom. The highest BCUT2D eigenvalue weighted by Crippen LogP contribution is 2.63. The smallest absolute Gasteiger partial charge is 0.135 e. The van der Waals surface area contributed by atoms with Crippen LogP contribution < -0.4 is 0 Å². The van der Waals surface area contributed by atoms with Crippen LogP contribution in [0.2, 0.25) is 0 Å². The molecule has 1 aromatic heterocycles.